The van der Waals surface area contributed by atoms with Gasteiger partial charge in [0, 0.05) is 35.4 Å². The molecule has 1 saturated heterocycles. The Morgan fingerprint density at radius 1 is 1.22 bits per heavy atom. The highest BCUT2D eigenvalue weighted by atomic mass is 79.9. The number of benzene rings is 2. The number of piperidine rings is 1. The molecule has 4 aromatic rings. The van der Waals surface area contributed by atoms with Crippen molar-refractivity contribution in [1.29, 1.82) is 5.26 Å². The number of hydrogen-bond donors (Lipinski definition) is 0. The van der Waals surface area contributed by atoms with Crippen LogP contribution in [0.1, 0.15) is 36.8 Å². The molecule has 6 nitrogen and oxygen atoms in total. The third-order valence-electron chi connectivity index (χ3n) is 6.69. The van der Waals surface area contributed by atoms with Gasteiger partial charge in [0.2, 0.25) is 5.89 Å². The number of oxazole rings is 1. The van der Waals surface area contributed by atoms with Crippen LogP contribution in [0, 0.1) is 18.3 Å². The largest absolute Gasteiger partial charge is 0.440 e. The minimum absolute atomic E-state index is 0.194. The summed E-state index contributed by atoms with van der Waals surface area (Å²) in [5.74, 6) is 0.759. The molecule has 7 heteroatoms. The maximum atomic E-state index is 13.0. The van der Waals surface area contributed by atoms with Gasteiger partial charge in [-0.3, -0.25) is 4.79 Å². The molecule has 0 amide bonds. The molecule has 0 saturated carbocycles. The van der Waals surface area contributed by atoms with Crippen LogP contribution in [0.15, 0.2) is 50.1 Å². The molecule has 0 radical (unpaired) electrons. The van der Waals surface area contributed by atoms with Gasteiger partial charge in [0.1, 0.15) is 17.1 Å². The van der Waals surface area contributed by atoms with Crippen molar-refractivity contribution in [1.82, 2.24) is 9.55 Å². The minimum atomic E-state index is -0.274. The molecule has 0 spiro atoms. The highest BCUT2D eigenvalue weighted by Crippen LogP contribution is 2.40. The van der Waals surface area contributed by atoms with Gasteiger partial charge in [-0.1, -0.05) is 25.1 Å². The Morgan fingerprint density at radius 3 is 2.69 bits per heavy atom. The molecule has 1 fully saturated rings. The average Bonchev–Trinajstić information content (AvgIpc) is 3.21. The van der Waals surface area contributed by atoms with E-state index in [0.717, 1.165) is 56.5 Å². The molecule has 32 heavy (non-hydrogen) atoms. The Bertz CT molecular complexity index is 1470. The second-order valence-corrected chi connectivity index (χ2v) is 9.73. The fourth-order valence-electron chi connectivity index (χ4n) is 4.72. The maximum absolute atomic E-state index is 13.0. The molecule has 1 aliphatic heterocycles. The number of halogens is 1. The molecule has 1 aliphatic rings. The van der Waals surface area contributed by atoms with Gasteiger partial charge in [-0.15, -0.1) is 0 Å². The van der Waals surface area contributed by atoms with Crippen LogP contribution in [0.4, 0.5) is 5.69 Å². The van der Waals surface area contributed by atoms with Crippen molar-refractivity contribution in [2.75, 3.05) is 18.0 Å². The van der Waals surface area contributed by atoms with E-state index in [-0.39, 0.29) is 16.5 Å². The van der Waals surface area contributed by atoms with Crippen molar-refractivity contribution >= 4 is 43.6 Å². The summed E-state index contributed by atoms with van der Waals surface area (Å²) >= 11 is 3.58. The van der Waals surface area contributed by atoms with E-state index in [0.29, 0.717) is 13.1 Å². The molecule has 2 aromatic heterocycles. The highest BCUT2D eigenvalue weighted by Gasteiger charge is 2.37. The molecule has 2 aromatic carbocycles. The number of hydrogen-bond acceptors (Lipinski definition) is 5. The first kappa shape index (κ1) is 20.8. The Kier molecular flexibility index (Phi) is 4.86. The summed E-state index contributed by atoms with van der Waals surface area (Å²) in [6.45, 7) is 5.65. The number of aromatic nitrogens is 2. The van der Waals surface area contributed by atoms with Gasteiger partial charge in [-0.05, 0) is 59.5 Å². The average molecular weight is 491 g/mol. The van der Waals surface area contributed by atoms with Crippen LogP contribution in [-0.2, 0) is 12.5 Å². The lowest BCUT2D eigenvalue weighted by Crippen LogP contribution is -2.42. The van der Waals surface area contributed by atoms with E-state index >= 15 is 0 Å². The number of pyridine rings is 1. The zero-order valence-electron chi connectivity index (χ0n) is 18.3. The standard InChI is InChI=1S/C25H23BrN4O2/c1-15-7-8-20-19(13-15)28-24(32-20)25(2)9-11-30(12-10-25)21-16-5-4-6-18(26)22(16)29(3)23(31)17(21)14-27/h4-8,13H,9-12H2,1-3H3. The van der Waals surface area contributed by atoms with Crippen LogP contribution in [0.25, 0.3) is 22.0 Å². The first-order chi connectivity index (χ1) is 15.3. The predicted octanol–water partition coefficient (Wildman–Crippen LogP) is 5.18. The summed E-state index contributed by atoms with van der Waals surface area (Å²) in [7, 11) is 1.71. The molecule has 5 rings (SSSR count). The van der Waals surface area contributed by atoms with Gasteiger partial charge in [0.05, 0.1) is 11.2 Å². The van der Waals surface area contributed by atoms with Crippen LogP contribution in [0.5, 0.6) is 0 Å². The van der Waals surface area contributed by atoms with Gasteiger partial charge in [-0.25, -0.2) is 4.98 Å². The lowest BCUT2D eigenvalue weighted by Gasteiger charge is -2.39. The molecule has 0 atom stereocenters. The van der Waals surface area contributed by atoms with E-state index in [1.54, 1.807) is 11.6 Å². The molecular formula is C25H23BrN4O2. The molecule has 0 bridgehead atoms. The fourth-order valence-corrected chi connectivity index (χ4v) is 5.35. The molecule has 0 aliphatic carbocycles. The predicted molar refractivity (Wildman–Crippen MR) is 129 cm³/mol. The summed E-state index contributed by atoms with van der Waals surface area (Å²) in [5.41, 5.74) is 4.10. The van der Waals surface area contributed by atoms with Crippen LogP contribution < -0.4 is 10.5 Å². The smallest absolute Gasteiger partial charge is 0.270 e. The first-order valence-corrected chi connectivity index (χ1v) is 11.5. The van der Waals surface area contributed by atoms with Crippen molar-refractivity contribution < 1.29 is 4.42 Å². The quantitative estimate of drug-likeness (QED) is 0.386. The number of fused-ring (bicyclic) bond motifs is 2. The van der Waals surface area contributed by atoms with E-state index in [4.69, 9.17) is 9.40 Å². The topological polar surface area (TPSA) is 75.1 Å². The number of rotatable bonds is 2. The lowest BCUT2D eigenvalue weighted by atomic mass is 9.80. The molecule has 162 valence electrons. The van der Waals surface area contributed by atoms with E-state index in [1.807, 2.05) is 43.3 Å². The van der Waals surface area contributed by atoms with Crippen LogP contribution in [-0.4, -0.2) is 22.6 Å². The zero-order chi connectivity index (χ0) is 22.6. The van der Waals surface area contributed by atoms with Crippen LogP contribution in [0.2, 0.25) is 0 Å². The number of nitriles is 1. The molecule has 3 heterocycles. The zero-order valence-corrected chi connectivity index (χ0v) is 19.9. The van der Waals surface area contributed by atoms with E-state index < -0.39 is 0 Å². The van der Waals surface area contributed by atoms with E-state index in [2.05, 4.69) is 33.8 Å². The van der Waals surface area contributed by atoms with Crippen LogP contribution in [0.3, 0.4) is 0 Å². The Labute approximate surface area is 194 Å². The summed E-state index contributed by atoms with van der Waals surface area (Å²) in [4.78, 5) is 19.9. The molecular weight excluding hydrogens is 468 g/mol. The summed E-state index contributed by atoms with van der Waals surface area (Å²) in [6.07, 6.45) is 1.63. The third kappa shape index (κ3) is 3.13. The SMILES string of the molecule is Cc1ccc2oc(C3(C)CCN(c4c(C#N)c(=O)n(C)c5c(Br)cccc45)CC3)nc2c1. The van der Waals surface area contributed by atoms with Crippen molar-refractivity contribution in [3.63, 3.8) is 0 Å². The maximum Gasteiger partial charge on any atom is 0.270 e. The lowest BCUT2D eigenvalue weighted by molar-refractivity contribution is 0.292. The summed E-state index contributed by atoms with van der Waals surface area (Å²) in [6, 6.07) is 14.1. The Hall–Kier alpha value is -3.11. The number of anilines is 1. The summed E-state index contributed by atoms with van der Waals surface area (Å²) < 4.78 is 8.52. The van der Waals surface area contributed by atoms with Crippen molar-refractivity contribution in [3.05, 3.63) is 68.2 Å². The van der Waals surface area contributed by atoms with Gasteiger partial charge in [0.15, 0.2) is 5.58 Å². The number of nitrogens with zero attached hydrogens (tertiary/aromatic N) is 4. The van der Waals surface area contributed by atoms with Crippen LogP contribution >= 0.6 is 15.9 Å². The van der Waals surface area contributed by atoms with Gasteiger partial charge in [0.25, 0.3) is 5.56 Å². The Balaban J connectivity index is 1.54. The Morgan fingerprint density at radius 2 is 1.97 bits per heavy atom. The number of para-hydroxylation sites is 1. The monoisotopic (exact) mass is 490 g/mol. The second-order valence-electron chi connectivity index (χ2n) is 8.87. The molecule has 0 N–H and O–H groups in total. The minimum Gasteiger partial charge on any atom is -0.440 e. The third-order valence-corrected chi connectivity index (χ3v) is 7.33. The van der Waals surface area contributed by atoms with Crippen molar-refractivity contribution in [2.24, 2.45) is 7.05 Å². The highest BCUT2D eigenvalue weighted by molar-refractivity contribution is 9.10. The normalized spacial score (nSPS) is 15.9. The van der Waals surface area contributed by atoms with Gasteiger partial charge < -0.3 is 13.9 Å². The van der Waals surface area contributed by atoms with Gasteiger partial charge >= 0.3 is 0 Å². The van der Waals surface area contributed by atoms with E-state index in [9.17, 15) is 10.1 Å². The second kappa shape index (κ2) is 7.49. The van der Waals surface area contributed by atoms with Crippen molar-refractivity contribution in [3.8, 4) is 6.07 Å². The van der Waals surface area contributed by atoms with Crippen molar-refractivity contribution in [2.45, 2.75) is 32.1 Å². The first-order valence-electron chi connectivity index (χ1n) is 10.7. The van der Waals surface area contributed by atoms with E-state index in [1.165, 1.54) is 0 Å². The fraction of sp³-hybridized carbons (Fsp3) is 0.320. The number of aryl methyl sites for hydroxylation is 2. The van der Waals surface area contributed by atoms with Gasteiger partial charge in [-0.2, -0.15) is 5.26 Å². The molecule has 0 unspecified atom stereocenters. The summed E-state index contributed by atoms with van der Waals surface area (Å²) in [5, 5.41) is 10.7.